The maximum atomic E-state index is 11.5. The Hall–Kier alpha value is -0.876. The van der Waals surface area contributed by atoms with Crippen molar-refractivity contribution in [2.45, 2.75) is 155 Å². The van der Waals surface area contributed by atoms with Crippen LogP contribution in [-0.2, 0) is 18.4 Å². The van der Waals surface area contributed by atoms with E-state index >= 15 is 0 Å². The van der Waals surface area contributed by atoms with Crippen LogP contribution >= 0.6 is 0 Å². The summed E-state index contributed by atoms with van der Waals surface area (Å²) >= 11 is 0. The third-order valence-corrected chi connectivity index (χ3v) is 19.9. The number of unbranched alkanes of at least 4 members (excludes halogenated alkanes) is 1. The Morgan fingerprint density at radius 1 is 0.976 bits per heavy atom. The minimum Gasteiger partial charge on any atom is -0.469 e. The SMILES string of the molecule is CC#CCC(C)[C@@H](/C=C/[C@@H]1[C@H]2CC(CCCCC(=O)OC)C[C@H]2C[C@H]1O[Si](C)(C)C(C)(C)C)O[Si](C)(C)C(C)(C)C. The van der Waals surface area contributed by atoms with Gasteiger partial charge in [0.2, 0.25) is 0 Å². The molecular formula is C35H64O4Si2. The molecule has 2 rings (SSSR count). The Morgan fingerprint density at radius 2 is 1.61 bits per heavy atom. The van der Waals surface area contributed by atoms with Crippen molar-refractivity contribution >= 4 is 22.6 Å². The van der Waals surface area contributed by atoms with Crippen molar-refractivity contribution in [2.75, 3.05) is 7.11 Å². The number of hydrogen-bond acceptors (Lipinski definition) is 4. The molecule has 0 aromatic carbocycles. The van der Waals surface area contributed by atoms with Crippen LogP contribution in [0.1, 0.15) is 107 Å². The fourth-order valence-corrected chi connectivity index (χ4v) is 8.93. The molecular weight excluding hydrogens is 541 g/mol. The number of esters is 1. The molecule has 2 unspecified atom stereocenters. The lowest BCUT2D eigenvalue weighted by Gasteiger charge is -2.41. The van der Waals surface area contributed by atoms with E-state index < -0.39 is 16.6 Å². The molecule has 0 bridgehead atoms. The minimum absolute atomic E-state index is 0.0693. The van der Waals surface area contributed by atoms with Gasteiger partial charge in [-0.15, -0.1) is 11.8 Å². The predicted molar refractivity (Wildman–Crippen MR) is 179 cm³/mol. The fraction of sp³-hybridized carbons (Fsp3) is 0.857. The van der Waals surface area contributed by atoms with E-state index in [4.69, 9.17) is 13.6 Å². The molecule has 4 nitrogen and oxygen atoms in total. The average molecular weight is 605 g/mol. The molecule has 0 saturated heterocycles. The first-order chi connectivity index (χ1) is 18.8. The quantitative estimate of drug-likeness (QED) is 0.0690. The summed E-state index contributed by atoms with van der Waals surface area (Å²) in [4.78, 5) is 11.5. The highest BCUT2D eigenvalue weighted by atomic mass is 28.4. The van der Waals surface area contributed by atoms with E-state index in [2.05, 4.69) is 98.6 Å². The van der Waals surface area contributed by atoms with Crippen LogP contribution in [0, 0.1) is 41.4 Å². The number of carbonyl (C=O) groups is 1. The van der Waals surface area contributed by atoms with Crippen molar-refractivity contribution in [3.8, 4) is 11.8 Å². The first-order valence-electron chi connectivity index (χ1n) is 16.3. The highest BCUT2D eigenvalue weighted by Gasteiger charge is 2.50. The van der Waals surface area contributed by atoms with E-state index in [1.54, 1.807) is 0 Å². The Kier molecular flexibility index (Phi) is 13.1. The van der Waals surface area contributed by atoms with Crippen LogP contribution in [0.2, 0.25) is 36.3 Å². The summed E-state index contributed by atoms with van der Waals surface area (Å²) in [6.07, 6.45) is 13.7. The molecule has 7 atom stereocenters. The van der Waals surface area contributed by atoms with Gasteiger partial charge in [0, 0.05) is 18.8 Å². The summed E-state index contributed by atoms with van der Waals surface area (Å²) in [7, 11) is -2.36. The van der Waals surface area contributed by atoms with Crippen LogP contribution < -0.4 is 0 Å². The Bertz CT molecular complexity index is 931. The van der Waals surface area contributed by atoms with Crippen molar-refractivity contribution in [1.82, 2.24) is 0 Å². The lowest BCUT2D eigenvalue weighted by Crippen LogP contribution is -2.45. The van der Waals surface area contributed by atoms with E-state index in [0.717, 1.165) is 31.1 Å². The van der Waals surface area contributed by atoms with Gasteiger partial charge in [-0.25, -0.2) is 0 Å². The summed E-state index contributed by atoms with van der Waals surface area (Å²) in [5.41, 5.74) is 0. The van der Waals surface area contributed by atoms with E-state index in [-0.39, 0.29) is 22.1 Å². The van der Waals surface area contributed by atoms with Gasteiger partial charge in [0.15, 0.2) is 16.6 Å². The van der Waals surface area contributed by atoms with Crippen LogP contribution in [0.4, 0.5) is 0 Å². The molecule has 236 valence electrons. The molecule has 0 aliphatic heterocycles. The largest absolute Gasteiger partial charge is 0.469 e. The zero-order valence-corrected chi connectivity index (χ0v) is 31.0. The maximum Gasteiger partial charge on any atom is 0.305 e. The second-order valence-corrected chi connectivity index (χ2v) is 25.7. The van der Waals surface area contributed by atoms with Gasteiger partial charge in [0.25, 0.3) is 0 Å². The van der Waals surface area contributed by atoms with Gasteiger partial charge in [0.1, 0.15) is 0 Å². The molecule has 0 spiro atoms. The molecule has 2 saturated carbocycles. The molecule has 2 aliphatic rings. The molecule has 0 heterocycles. The van der Waals surface area contributed by atoms with Gasteiger partial charge in [-0.3, -0.25) is 4.79 Å². The van der Waals surface area contributed by atoms with Gasteiger partial charge >= 0.3 is 5.97 Å². The first kappa shape index (κ1) is 36.3. The first-order valence-corrected chi connectivity index (χ1v) is 22.1. The summed E-state index contributed by atoms with van der Waals surface area (Å²) in [5.74, 6) is 9.26. The Balaban J connectivity index is 2.29. The average Bonchev–Trinajstić information content (AvgIpc) is 3.37. The number of fused-ring (bicyclic) bond motifs is 1. The van der Waals surface area contributed by atoms with Gasteiger partial charge in [0.05, 0.1) is 19.3 Å². The van der Waals surface area contributed by atoms with E-state index in [9.17, 15) is 4.79 Å². The van der Waals surface area contributed by atoms with Crippen molar-refractivity contribution in [1.29, 1.82) is 0 Å². The number of rotatable bonds is 13. The highest BCUT2D eigenvalue weighted by molar-refractivity contribution is 6.74. The molecule has 41 heavy (non-hydrogen) atoms. The van der Waals surface area contributed by atoms with Crippen molar-refractivity contribution in [3.05, 3.63) is 12.2 Å². The van der Waals surface area contributed by atoms with Crippen molar-refractivity contribution in [3.63, 3.8) is 0 Å². The van der Waals surface area contributed by atoms with Crippen LogP contribution in [0.15, 0.2) is 12.2 Å². The zero-order chi connectivity index (χ0) is 31.2. The van der Waals surface area contributed by atoms with Crippen LogP contribution in [0.3, 0.4) is 0 Å². The van der Waals surface area contributed by atoms with E-state index in [1.807, 2.05) is 6.92 Å². The lowest BCUT2D eigenvalue weighted by atomic mass is 9.88. The predicted octanol–water partition coefficient (Wildman–Crippen LogP) is 9.77. The summed E-state index contributed by atoms with van der Waals surface area (Å²) < 4.78 is 19.1. The van der Waals surface area contributed by atoms with Gasteiger partial charge in [-0.2, -0.15) is 0 Å². The lowest BCUT2D eigenvalue weighted by molar-refractivity contribution is -0.140. The fourth-order valence-electron chi connectivity index (χ4n) is 6.22. The molecule has 0 amide bonds. The molecule has 0 aromatic rings. The van der Waals surface area contributed by atoms with Crippen LogP contribution in [0.25, 0.3) is 0 Å². The molecule has 6 heteroatoms. The topological polar surface area (TPSA) is 44.8 Å². The normalized spacial score (nSPS) is 26.9. The minimum atomic E-state index is -1.95. The number of ether oxygens (including phenoxy) is 1. The molecule has 0 aromatic heterocycles. The van der Waals surface area contributed by atoms with Crippen molar-refractivity contribution < 1.29 is 18.4 Å². The van der Waals surface area contributed by atoms with E-state index in [1.165, 1.54) is 32.8 Å². The second kappa shape index (κ2) is 14.7. The maximum absolute atomic E-state index is 11.5. The van der Waals surface area contributed by atoms with Crippen LogP contribution in [0.5, 0.6) is 0 Å². The summed E-state index contributed by atoms with van der Waals surface area (Å²) in [6.45, 7) is 27.8. The van der Waals surface area contributed by atoms with Gasteiger partial charge < -0.3 is 13.6 Å². The third-order valence-electron chi connectivity index (χ3n) is 11.0. The highest BCUT2D eigenvalue weighted by Crippen LogP contribution is 2.54. The number of carbonyl (C=O) groups excluding carboxylic acids is 1. The summed E-state index contributed by atoms with van der Waals surface area (Å²) in [6, 6.07) is 0. The number of hydrogen-bond donors (Lipinski definition) is 0. The van der Waals surface area contributed by atoms with Crippen molar-refractivity contribution in [2.24, 2.45) is 29.6 Å². The standard InChI is InChI=1S/C35H64O4Si2/c1-14-15-18-26(2)31(38-40(10,11)34(3,4)5)22-21-29-30-24-27(19-16-17-20-33(36)37-9)23-28(30)25-32(29)39-41(12,13)35(6,7)8/h21-22,26-32H,16-20,23-25H2,1-13H3/b22-21+/t26?,27?,28-,29+,30-,31+,32+/m0/s1. The zero-order valence-electron chi connectivity index (χ0n) is 29.0. The molecule has 2 fully saturated rings. The van der Waals surface area contributed by atoms with Gasteiger partial charge in [-0.05, 0) is 92.5 Å². The van der Waals surface area contributed by atoms with Crippen LogP contribution in [-0.4, -0.2) is 41.9 Å². The Morgan fingerprint density at radius 3 is 2.17 bits per heavy atom. The smallest absolute Gasteiger partial charge is 0.305 e. The molecule has 2 aliphatic carbocycles. The van der Waals surface area contributed by atoms with E-state index in [0.29, 0.717) is 30.3 Å². The summed E-state index contributed by atoms with van der Waals surface area (Å²) in [5, 5.41) is 0.358. The van der Waals surface area contributed by atoms with Gasteiger partial charge in [-0.1, -0.05) is 73.5 Å². The number of methoxy groups -OCH3 is 1. The monoisotopic (exact) mass is 604 g/mol. The third kappa shape index (κ3) is 10.1. The molecule has 0 N–H and O–H groups in total. The second-order valence-electron chi connectivity index (χ2n) is 16.1. The molecule has 0 radical (unpaired) electrons. The Labute approximate surface area is 256 Å².